The Kier molecular flexibility index (Phi) is 2.13. The Morgan fingerprint density at radius 1 is 1.50 bits per heavy atom. The molecule has 0 aromatic carbocycles. The molecule has 0 aromatic rings. The average Bonchev–Trinajstić information content (AvgIpc) is 2.32. The number of nitrogens with zero attached hydrogens (tertiary/aromatic N) is 1. The van der Waals surface area contributed by atoms with Gasteiger partial charge in [-0.2, -0.15) is 0 Å². The van der Waals surface area contributed by atoms with Crippen LogP contribution in [0.5, 0.6) is 0 Å². The van der Waals surface area contributed by atoms with E-state index in [1.54, 1.807) is 0 Å². The van der Waals surface area contributed by atoms with Gasteiger partial charge in [0, 0.05) is 12.1 Å². The van der Waals surface area contributed by atoms with E-state index in [0.29, 0.717) is 0 Å². The van der Waals surface area contributed by atoms with Gasteiger partial charge in [0.05, 0.1) is 0 Å². The zero-order valence-corrected chi connectivity index (χ0v) is 8.05. The first-order chi connectivity index (χ1) is 5.68. The van der Waals surface area contributed by atoms with Crippen LogP contribution in [0.3, 0.4) is 0 Å². The molecule has 2 fully saturated rings. The lowest BCUT2D eigenvalue weighted by molar-refractivity contribution is 0.196. The predicted octanol–water partition coefficient (Wildman–Crippen LogP) is 1.21. The number of hydrogen-bond acceptors (Lipinski definition) is 2. The number of hydrogen-bond donors (Lipinski definition) is 1. The lowest BCUT2D eigenvalue weighted by Crippen LogP contribution is -2.48. The van der Waals surface area contributed by atoms with E-state index >= 15 is 0 Å². The van der Waals surface area contributed by atoms with Gasteiger partial charge in [0.1, 0.15) is 0 Å². The highest BCUT2D eigenvalue weighted by Gasteiger charge is 2.36. The van der Waals surface area contributed by atoms with Gasteiger partial charge in [-0.15, -0.1) is 0 Å². The van der Waals surface area contributed by atoms with Crippen LogP contribution < -0.4 is 5.73 Å². The van der Waals surface area contributed by atoms with Crippen LogP contribution in [0, 0.1) is 5.92 Å². The minimum absolute atomic E-state index is 0.246. The van der Waals surface area contributed by atoms with Crippen molar-refractivity contribution in [2.75, 3.05) is 20.1 Å². The van der Waals surface area contributed by atoms with E-state index in [2.05, 4.69) is 11.9 Å². The Balaban J connectivity index is 1.79. The predicted molar refractivity (Wildman–Crippen MR) is 51.0 cm³/mol. The summed E-state index contributed by atoms with van der Waals surface area (Å²) in [5.41, 5.74) is 6.46. The topological polar surface area (TPSA) is 29.3 Å². The van der Waals surface area contributed by atoms with Gasteiger partial charge in [0.15, 0.2) is 0 Å². The molecule has 2 N–H and O–H groups in total. The van der Waals surface area contributed by atoms with Crippen molar-refractivity contribution in [1.29, 1.82) is 0 Å². The SMILES string of the molecule is CN1CCC(CC2(N)CCC2)C1. The molecule has 12 heavy (non-hydrogen) atoms. The van der Waals surface area contributed by atoms with Crippen LogP contribution in [-0.4, -0.2) is 30.6 Å². The van der Waals surface area contributed by atoms with E-state index in [9.17, 15) is 0 Å². The quantitative estimate of drug-likeness (QED) is 0.671. The summed E-state index contributed by atoms with van der Waals surface area (Å²) < 4.78 is 0. The summed E-state index contributed by atoms with van der Waals surface area (Å²) in [4.78, 5) is 2.42. The van der Waals surface area contributed by atoms with E-state index in [1.807, 2.05) is 0 Å². The average molecular weight is 168 g/mol. The van der Waals surface area contributed by atoms with Gasteiger partial charge in [-0.05, 0) is 51.6 Å². The highest BCUT2D eigenvalue weighted by molar-refractivity contribution is 4.95. The van der Waals surface area contributed by atoms with Crippen LogP contribution in [0.4, 0.5) is 0 Å². The molecule has 1 atom stereocenters. The lowest BCUT2D eigenvalue weighted by atomic mass is 9.72. The van der Waals surface area contributed by atoms with Crippen LogP contribution in [0.15, 0.2) is 0 Å². The lowest BCUT2D eigenvalue weighted by Gasteiger charge is -2.40. The summed E-state index contributed by atoms with van der Waals surface area (Å²) in [5.74, 6) is 0.889. The zero-order chi connectivity index (χ0) is 8.60. The van der Waals surface area contributed by atoms with Crippen molar-refractivity contribution in [3.8, 4) is 0 Å². The molecule has 1 heterocycles. The van der Waals surface area contributed by atoms with Crippen molar-refractivity contribution in [1.82, 2.24) is 4.90 Å². The van der Waals surface area contributed by atoms with Gasteiger partial charge in [0.2, 0.25) is 0 Å². The second-order valence-corrected chi connectivity index (χ2v) is 4.84. The molecule has 2 rings (SSSR count). The first kappa shape index (κ1) is 8.52. The van der Waals surface area contributed by atoms with Gasteiger partial charge in [-0.25, -0.2) is 0 Å². The summed E-state index contributed by atoms with van der Waals surface area (Å²) in [6.07, 6.45) is 6.55. The second kappa shape index (κ2) is 3.00. The van der Waals surface area contributed by atoms with Crippen LogP contribution in [0.2, 0.25) is 0 Å². The highest BCUT2D eigenvalue weighted by Crippen LogP contribution is 2.36. The van der Waals surface area contributed by atoms with Gasteiger partial charge >= 0.3 is 0 Å². The minimum atomic E-state index is 0.246. The third-order valence-electron chi connectivity index (χ3n) is 3.53. The maximum Gasteiger partial charge on any atom is 0.0157 e. The first-order valence-electron chi connectivity index (χ1n) is 5.15. The maximum absolute atomic E-state index is 6.21. The Morgan fingerprint density at radius 2 is 2.25 bits per heavy atom. The molecule has 2 aliphatic rings. The molecule has 0 aromatic heterocycles. The molecule has 0 amide bonds. The van der Waals surface area contributed by atoms with Crippen molar-refractivity contribution in [2.24, 2.45) is 11.7 Å². The summed E-state index contributed by atoms with van der Waals surface area (Å²) in [5, 5.41) is 0. The van der Waals surface area contributed by atoms with Gasteiger partial charge in [0.25, 0.3) is 0 Å². The number of nitrogens with two attached hydrogens (primary N) is 1. The minimum Gasteiger partial charge on any atom is -0.325 e. The molecule has 70 valence electrons. The van der Waals surface area contributed by atoms with Crippen molar-refractivity contribution in [2.45, 2.75) is 37.6 Å². The summed E-state index contributed by atoms with van der Waals surface area (Å²) in [6.45, 7) is 2.56. The third-order valence-corrected chi connectivity index (χ3v) is 3.53. The molecule has 1 saturated heterocycles. The van der Waals surface area contributed by atoms with Crippen molar-refractivity contribution in [3.63, 3.8) is 0 Å². The summed E-state index contributed by atoms with van der Waals surface area (Å²) in [7, 11) is 2.21. The Hall–Kier alpha value is -0.0800. The van der Waals surface area contributed by atoms with Crippen molar-refractivity contribution in [3.05, 3.63) is 0 Å². The molecule has 0 spiro atoms. The molecule has 0 radical (unpaired) electrons. The van der Waals surface area contributed by atoms with E-state index in [0.717, 1.165) is 5.92 Å². The van der Waals surface area contributed by atoms with Gasteiger partial charge < -0.3 is 10.6 Å². The van der Waals surface area contributed by atoms with E-state index in [1.165, 1.54) is 45.2 Å². The van der Waals surface area contributed by atoms with Gasteiger partial charge in [-0.1, -0.05) is 0 Å². The third kappa shape index (κ3) is 1.64. The fourth-order valence-electron chi connectivity index (χ4n) is 2.60. The smallest absolute Gasteiger partial charge is 0.0157 e. The fraction of sp³-hybridized carbons (Fsp3) is 1.00. The van der Waals surface area contributed by atoms with Crippen molar-refractivity contribution < 1.29 is 0 Å². The Morgan fingerprint density at radius 3 is 2.67 bits per heavy atom. The van der Waals surface area contributed by atoms with Crippen LogP contribution in [-0.2, 0) is 0 Å². The Bertz CT molecular complexity index is 163. The largest absolute Gasteiger partial charge is 0.325 e. The Labute approximate surface area is 75.1 Å². The molecule has 0 bridgehead atoms. The fourth-order valence-corrected chi connectivity index (χ4v) is 2.60. The zero-order valence-electron chi connectivity index (χ0n) is 8.05. The monoisotopic (exact) mass is 168 g/mol. The summed E-state index contributed by atoms with van der Waals surface area (Å²) in [6, 6.07) is 0. The number of likely N-dealkylation sites (tertiary alicyclic amines) is 1. The number of rotatable bonds is 2. The molecule has 1 unspecified atom stereocenters. The molecule has 1 aliphatic carbocycles. The molecule has 1 aliphatic heterocycles. The highest BCUT2D eigenvalue weighted by atomic mass is 15.1. The van der Waals surface area contributed by atoms with Crippen molar-refractivity contribution >= 4 is 0 Å². The molecule has 2 nitrogen and oxygen atoms in total. The first-order valence-corrected chi connectivity index (χ1v) is 5.15. The molecular formula is C10H20N2. The van der Waals surface area contributed by atoms with Crippen LogP contribution in [0.25, 0.3) is 0 Å². The molecule has 2 heteroatoms. The van der Waals surface area contributed by atoms with Gasteiger partial charge in [-0.3, -0.25) is 0 Å². The molecular weight excluding hydrogens is 148 g/mol. The standard InChI is InChI=1S/C10H20N2/c1-12-6-3-9(8-12)7-10(11)4-2-5-10/h9H,2-8,11H2,1H3. The van der Waals surface area contributed by atoms with E-state index in [4.69, 9.17) is 5.73 Å². The van der Waals surface area contributed by atoms with E-state index in [-0.39, 0.29) is 5.54 Å². The maximum atomic E-state index is 6.21. The molecule has 1 saturated carbocycles. The second-order valence-electron chi connectivity index (χ2n) is 4.84. The van der Waals surface area contributed by atoms with Crippen LogP contribution in [0.1, 0.15) is 32.1 Å². The summed E-state index contributed by atoms with van der Waals surface area (Å²) >= 11 is 0. The normalized spacial score (nSPS) is 35.0. The van der Waals surface area contributed by atoms with E-state index < -0.39 is 0 Å². The van der Waals surface area contributed by atoms with Crippen LogP contribution >= 0.6 is 0 Å².